The largest absolute Gasteiger partial charge is 0.480 e. The lowest BCUT2D eigenvalue weighted by Gasteiger charge is -2.25. The Kier molecular flexibility index (Phi) is 6.74. The van der Waals surface area contributed by atoms with Crippen LogP contribution in [0.5, 0.6) is 0 Å². The number of hydrogen-bond acceptors (Lipinski definition) is 3. The summed E-state index contributed by atoms with van der Waals surface area (Å²) >= 11 is 7.55. The number of urea groups is 1. The van der Waals surface area contributed by atoms with E-state index in [-0.39, 0.29) is 23.2 Å². The van der Waals surface area contributed by atoms with Gasteiger partial charge < -0.3 is 15.3 Å². The fourth-order valence-electron chi connectivity index (χ4n) is 2.33. The third-order valence-corrected chi connectivity index (χ3v) is 4.84. The number of carbonyl (C=O) groups excluding carboxylic acids is 1. The Balaban J connectivity index is 2.09. The molecular weight excluding hydrogens is 355 g/mol. The van der Waals surface area contributed by atoms with Crippen molar-refractivity contribution in [2.75, 3.05) is 12.0 Å². The van der Waals surface area contributed by atoms with Crippen molar-refractivity contribution in [2.45, 2.75) is 37.9 Å². The third kappa shape index (κ3) is 5.01. The molecule has 0 unspecified atom stereocenters. The molecule has 24 heavy (non-hydrogen) atoms. The molecular formula is C16H20ClFN2O3S. The number of nitrogens with zero attached hydrogens (tertiary/aromatic N) is 1. The van der Waals surface area contributed by atoms with E-state index in [0.29, 0.717) is 12.2 Å². The maximum absolute atomic E-state index is 14.0. The predicted octanol–water partition coefficient (Wildman–Crippen LogP) is 3.36. The van der Waals surface area contributed by atoms with E-state index in [9.17, 15) is 19.1 Å². The summed E-state index contributed by atoms with van der Waals surface area (Å²) in [6, 6.07) is 2.92. The van der Waals surface area contributed by atoms with E-state index in [1.807, 2.05) is 6.26 Å². The highest BCUT2D eigenvalue weighted by Crippen LogP contribution is 2.30. The third-order valence-electron chi connectivity index (χ3n) is 3.85. The van der Waals surface area contributed by atoms with E-state index in [1.165, 1.54) is 28.8 Å². The summed E-state index contributed by atoms with van der Waals surface area (Å²) in [5, 5.41) is 12.0. The van der Waals surface area contributed by atoms with Gasteiger partial charge in [-0.05, 0) is 43.4 Å². The summed E-state index contributed by atoms with van der Waals surface area (Å²) < 4.78 is 14.0. The van der Waals surface area contributed by atoms with Crippen LogP contribution < -0.4 is 5.32 Å². The first-order chi connectivity index (χ1) is 11.4. The molecule has 8 heteroatoms. The van der Waals surface area contributed by atoms with E-state index < -0.39 is 23.9 Å². The molecule has 1 atom stereocenters. The molecule has 0 saturated heterocycles. The molecule has 1 fully saturated rings. The number of rotatable bonds is 8. The number of aliphatic carboxylic acids is 1. The Hall–Kier alpha value is -1.47. The van der Waals surface area contributed by atoms with Crippen LogP contribution in [-0.4, -0.2) is 46.1 Å². The normalized spacial score (nSPS) is 15.0. The Morgan fingerprint density at radius 2 is 2.21 bits per heavy atom. The van der Waals surface area contributed by atoms with Gasteiger partial charge in [-0.1, -0.05) is 17.7 Å². The zero-order valence-corrected chi connectivity index (χ0v) is 14.9. The average Bonchev–Trinajstić information content (AvgIpc) is 3.35. The minimum absolute atomic E-state index is 0.00401. The van der Waals surface area contributed by atoms with Gasteiger partial charge in [-0.2, -0.15) is 11.8 Å². The van der Waals surface area contributed by atoms with E-state index >= 15 is 0 Å². The van der Waals surface area contributed by atoms with Gasteiger partial charge in [0.15, 0.2) is 0 Å². The summed E-state index contributed by atoms with van der Waals surface area (Å²) in [5.74, 6) is -0.921. The first kappa shape index (κ1) is 18.9. The number of carboxylic acid groups (broad SMARTS) is 1. The van der Waals surface area contributed by atoms with Crippen molar-refractivity contribution in [3.05, 3.63) is 34.6 Å². The van der Waals surface area contributed by atoms with Gasteiger partial charge >= 0.3 is 12.0 Å². The summed E-state index contributed by atoms with van der Waals surface area (Å²) in [6.07, 6.45) is 3.85. The van der Waals surface area contributed by atoms with Crippen LogP contribution in [0.3, 0.4) is 0 Å². The van der Waals surface area contributed by atoms with Crippen LogP contribution >= 0.6 is 23.4 Å². The van der Waals surface area contributed by atoms with E-state index in [2.05, 4.69) is 5.32 Å². The van der Waals surface area contributed by atoms with Crippen LogP contribution in [-0.2, 0) is 11.3 Å². The van der Waals surface area contributed by atoms with Crippen molar-refractivity contribution in [1.29, 1.82) is 0 Å². The SMILES string of the molecule is CSCC[C@H](NC(=O)N(Cc1c(F)cccc1Cl)C1CC1)C(=O)O. The number of hydrogen-bond donors (Lipinski definition) is 2. The second kappa shape index (κ2) is 8.58. The second-order valence-electron chi connectivity index (χ2n) is 5.68. The lowest BCUT2D eigenvalue weighted by atomic mass is 10.2. The molecule has 0 spiro atoms. The zero-order valence-electron chi connectivity index (χ0n) is 13.3. The number of carboxylic acids is 1. The lowest BCUT2D eigenvalue weighted by Crippen LogP contribution is -2.48. The Morgan fingerprint density at radius 3 is 2.75 bits per heavy atom. The number of halogens is 2. The summed E-state index contributed by atoms with van der Waals surface area (Å²) in [6.45, 7) is 0.0247. The Morgan fingerprint density at radius 1 is 1.50 bits per heavy atom. The zero-order chi connectivity index (χ0) is 17.7. The van der Waals surface area contributed by atoms with Crippen molar-refractivity contribution in [2.24, 2.45) is 0 Å². The van der Waals surface area contributed by atoms with E-state index in [0.717, 1.165) is 12.8 Å². The second-order valence-corrected chi connectivity index (χ2v) is 7.07. The van der Waals surface area contributed by atoms with Gasteiger partial charge in [0.05, 0.1) is 6.54 Å². The van der Waals surface area contributed by atoms with Gasteiger partial charge in [0.1, 0.15) is 11.9 Å². The first-order valence-electron chi connectivity index (χ1n) is 7.65. The summed E-state index contributed by atoms with van der Waals surface area (Å²) in [7, 11) is 0. The highest BCUT2D eigenvalue weighted by molar-refractivity contribution is 7.98. The smallest absolute Gasteiger partial charge is 0.326 e. The molecule has 0 aromatic heterocycles. The summed E-state index contributed by atoms with van der Waals surface area (Å²) in [4.78, 5) is 25.3. The first-order valence-corrected chi connectivity index (χ1v) is 9.43. The minimum atomic E-state index is -1.07. The van der Waals surface area contributed by atoms with Gasteiger partial charge in [-0.3, -0.25) is 0 Å². The van der Waals surface area contributed by atoms with Gasteiger partial charge in [0.25, 0.3) is 0 Å². The van der Waals surface area contributed by atoms with Crippen LogP contribution in [0.4, 0.5) is 9.18 Å². The fraction of sp³-hybridized carbons (Fsp3) is 0.500. The van der Waals surface area contributed by atoms with E-state index in [4.69, 9.17) is 11.6 Å². The topological polar surface area (TPSA) is 69.6 Å². The van der Waals surface area contributed by atoms with Crippen LogP contribution in [0.15, 0.2) is 18.2 Å². The monoisotopic (exact) mass is 374 g/mol. The molecule has 1 aromatic carbocycles. The quantitative estimate of drug-likeness (QED) is 0.732. The predicted molar refractivity (Wildman–Crippen MR) is 92.9 cm³/mol. The van der Waals surface area contributed by atoms with Crippen LogP contribution in [0, 0.1) is 5.82 Å². The minimum Gasteiger partial charge on any atom is -0.480 e. The Labute approximate surface area is 149 Å². The number of thioether (sulfide) groups is 1. The maximum Gasteiger partial charge on any atom is 0.326 e. The number of amides is 2. The molecule has 1 saturated carbocycles. The highest BCUT2D eigenvalue weighted by Gasteiger charge is 2.35. The molecule has 1 aliphatic rings. The van der Waals surface area contributed by atoms with Crippen molar-refractivity contribution in [1.82, 2.24) is 10.2 Å². The van der Waals surface area contributed by atoms with Gasteiger partial charge in [0.2, 0.25) is 0 Å². The molecule has 0 heterocycles. The summed E-state index contributed by atoms with van der Waals surface area (Å²) in [5.41, 5.74) is 0.247. The molecule has 2 rings (SSSR count). The molecule has 2 amide bonds. The standard InChI is InChI=1S/C16H20ClFN2O3S/c1-24-8-7-14(15(21)22)19-16(23)20(10-5-6-10)9-11-12(17)3-2-4-13(11)18/h2-4,10,14H,5-9H2,1H3,(H,19,23)(H,21,22)/t14-/m0/s1. The molecule has 5 nitrogen and oxygen atoms in total. The molecule has 0 radical (unpaired) electrons. The van der Waals surface area contributed by atoms with Crippen LogP contribution in [0.25, 0.3) is 0 Å². The molecule has 2 N–H and O–H groups in total. The van der Waals surface area contributed by atoms with Crippen molar-refractivity contribution < 1.29 is 19.1 Å². The van der Waals surface area contributed by atoms with Crippen molar-refractivity contribution in [3.8, 4) is 0 Å². The fourth-order valence-corrected chi connectivity index (χ4v) is 3.03. The lowest BCUT2D eigenvalue weighted by molar-refractivity contribution is -0.139. The molecule has 1 aromatic rings. The highest BCUT2D eigenvalue weighted by atomic mass is 35.5. The van der Waals surface area contributed by atoms with Gasteiger partial charge in [-0.25, -0.2) is 14.0 Å². The Bertz CT molecular complexity index is 593. The van der Waals surface area contributed by atoms with Gasteiger partial charge in [-0.15, -0.1) is 0 Å². The number of benzene rings is 1. The maximum atomic E-state index is 14.0. The van der Waals surface area contributed by atoms with E-state index in [1.54, 1.807) is 6.07 Å². The van der Waals surface area contributed by atoms with Crippen LogP contribution in [0.2, 0.25) is 5.02 Å². The number of nitrogens with one attached hydrogen (secondary N) is 1. The van der Waals surface area contributed by atoms with Crippen molar-refractivity contribution in [3.63, 3.8) is 0 Å². The van der Waals surface area contributed by atoms with Crippen LogP contribution in [0.1, 0.15) is 24.8 Å². The molecule has 132 valence electrons. The number of carbonyl (C=O) groups is 2. The molecule has 0 bridgehead atoms. The van der Waals surface area contributed by atoms with Crippen molar-refractivity contribution >= 4 is 35.4 Å². The average molecular weight is 375 g/mol. The van der Waals surface area contributed by atoms with Gasteiger partial charge in [0, 0.05) is 16.6 Å². The molecule has 0 aliphatic heterocycles. The molecule has 1 aliphatic carbocycles.